The van der Waals surface area contributed by atoms with E-state index in [2.05, 4.69) is 0 Å². The first-order valence-electron chi connectivity index (χ1n) is 10.6. The highest BCUT2D eigenvalue weighted by atomic mass is 16.6. The summed E-state index contributed by atoms with van der Waals surface area (Å²) in [7, 11) is 0. The van der Waals surface area contributed by atoms with Crippen LogP contribution in [0.4, 0.5) is 0 Å². The highest BCUT2D eigenvalue weighted by Crippen LogP contribution is 2.32. The van der Waals surface area contributed by atoms with Crippen molar-refractivity contribution in [2.45, 2.75) is 18.5 Å². The fourth-order valence-corrected chi connectivity index (χ4v) is 4.36. The molecule has 2 heterocycles. The molecule has 0 bridgehead atoms. The molecule has 0 spiro atoms. The Morgan fingerprint density at radius 1 is 0.818 bits per heavy atom. The molecule has 5 rings (SSSR count). The molecule has 2 atom stereocenters. The molecule has 2 aliphatic rings. The number of hydrogen-bond acceptors (Lipinski definition) is 5. The lowest BCUT2D eigenvalue weighted by molar-refractivity contribution is -0.140. The molecule has 0 saturated carbocycles. The van der Waals surface area contributed by atoms with Gasteiger partial charge in [-0.25, -0.2) is 4.79 Å². The topological polar surface area (TPSA) is 84.0 Å². The van der Waals surface area contributed by atoms with E-state index >= 15 is 0 Å². The third kappa shape index (κ3) is 3.57. The van der Waals surface area contributed by atoms with Crippen molar-refractivity contribution in [1.29, 1.82) is 0 Å². The van der Waals surface area contributed by atoms with Crippen LogP contribution in [0, 0.1) is 0 Å². The second-order valence-electron chi connectivity index (χ2n) is 7.95. The first-order chi connectivity index (χ1) is 16.1. The Morgan fingerprint density at radius 3 is 1.97 bits per heavy atom. The van der Waals surface area contributed by atoms with Crippen LogP contribution in [0.1, 0.15) is 37.9 Å². The number of nitrogens with zero attached hydrogens (tertiary/aromatic N) is 2. The van der Waals surface area contributed by atoms with Crippen LogP contribution in [0.2, 0.25) is 0 Å². The van der Waals surface area contributed by atoms with Gasteiger partial charge < -0.3 is 4.74 Å². The summed E-state index contributed by atoms with van der Waals surface area (Å²) in [4.78, 5) is 55.1. The number of benzene rings is 3. The van der Waals surface area contributed by atoms with Crippen LogP contribution in [0.15, 0.2) is 84.9 Å². The van der Waals surface area contributed by atoms with Crippen LogP contribution in [0.5, 0.6) is 0 Å². The van der Waals surface area contributed by atoms with E-state index in [9.17, 15) is 19.2 Å². The van der Waals surface area contributed by atoms with E-state index in [4.69, 9.17) is 4.74 Å². The van der Waals surface area contributed by atoms with Gasteiger partial charge in [0.05, 0.1) is 11.1 Å². The van der Waals surface area contributed by atoms with Gasteiger partial charge in [-0.05, 0) is 23.3 Å². The molecule has 2 aliphatic heterocycles. The SMILES string of the molecule is O=C1OCN(C(=O)[C@H](Cc2ccccc2)N2C(=O)c3ccccc3C2=O)[C@H]1c1ccccc1. The highest BCUT2D eigenvalue weighted by molar-refractivity contribution is 6.23. The van der Waals surface area contributed by atoms with Crippen LogP contribution >= 0.6 is 0 Å². The number of carbonyl (C=O) groups excluding carboxylic acids is 4. The Balaban J connectivity index is 1.54. The minimum Gasteiger partial charge on any atom is -0.442 e. The predicted molar refractivity (Wildman–Crippen MR) is 118 cm³/mol. The molecule has 7 nitrogen and oxygen atoms in total. The van der Waals surface area contributed by atoms with Gasteiger partial charge in [-0.3, -0.25) is 24.2 Å². The Bertz CT molecular complexity index is 1210. The standard InChI is InChI=1S/C26H20N2O5/c29-23-19-13-7-8-14-20(19)24(30)28(23)21(15-17-9-3-1-4-10-17)25(31)27-16-33-26(32)22(27)18-11-5-2-6-12-18/h1-14,21-22H,15-16H2/t21-,22-/m0/s1. The van der Waals surface area contributed by atoms with Crippen molar-refractivity contribution in [3.8, 4) is 0 Å². The number of rotatable bonds is 5. The molecule has 164 valence electrons. The fourth-order valence-electron chi connectivity index (χ4n) is 4.36. The summed E-state index contributed by atoms with van der Waals surface area (Å²) in [5, 5.41) is 0. The highest BCUT2D eigenvalue weighted by Gasteiger charge is 2.47. The lowest BCUT2D eigenvalue weighted by Crippen LogP contribution is -2.52. The minimum absolute atomic E-state index is 0.122. The minimum atomic E-state index is -1.12. The van der Waals surface area contributed by atoms with Gasteiger partial charge in [0.1, 0.15) is 6.04 Å². The van der Waals surface area contributed by atoms with Crippen LogP contribution in [-0.2, 0) is 20.7 Å². The van der Waals surface area contributed by atoms with E-state index in [1.54, 1.807) is 48.5 Å². The molecule has 33 heavy (non-hydrogen) atoms. The number of amides is 3. The van der Waals surface area contributed by atoms with E-state index < -0.39 is 35.8 Å². The molecule has 0 unspecified atom stereocenters. The normalized spacial score (nSPS) is 18.3. The van der Waals surface area contributed by atoms with Gasteiger partial charge in [0, 0.05) is 6.42 Å². The maximum Gasteiger partial charge on any atom is 0.335 e. The van der Waals surface area contributed by atoms with E-state index in [1.165, 1.54) is 4.90 Å². The Labute approximate surface area is 190 Å². The van der Waals surface area contributed by atoms with Gasteiger partial charge in [-0.15, -0.1) is 0 Å². The lowest BCUT2D eigenvalue weighted by Gasteiger charge is -2.30. The molecule has 1 saturated heterocycles. The van der Waals surface area contributed by atoms with Crippen LogP contribution in [-0.4, -0.2) is 46.3 Å². The van der Waals surface area contributed by atoms with Crippen molar-refractivity contribution in [1.82, 2.24) is 9.80 Å². The van der Waals surface area contributed by atoms with E-state index in [1.807, 2.05) is 36.4 Å². The van der Waals surface area contributed by atoms with Crippen LogP contribution in [0.25, 0.3) is 0 Å². The molecule has 3 aromatic carbocycles. The van der Waals surface area contributed by atoms with Crippen molar-refractivity contribution < 1.29 is 23.9 Å². The van der Waals surface area contributed by atoms with E-state index in [-0.39, 0.29) is 24.3 Å². The summed E-state index contributed by atoms with van der Waals surface area (Å²) in [5.41, 5.74) is 1.92. The summed E-state index contributed by atoms with van der Waals surface area (Å²) >= 11 is 0. The molecule has 1 fully saturated rings. The van der Waals surface area contributed by atoms with Gasteiger partial charge in [0.2, 0.25) is 5.91 Å². The number of hydrogen-bond donors (Lipinski definition) is 0. The third-order valence-electron chi connectivity index (χ3n) is 5.97. The number of imide groups is 1. The van der Waals surface area contributed by atoms with Gasteiger partial charge in [-0.1, -0.05) is 72.8 Å². The van der Waals surface area contributed by atoms with Crippen molar-refractivity contribution in [3.63, 3.8) is 0 Å². The predicted octanol–water partition coefficient (Wildman–Crippen LogP) is 2.98. The lowest BCUT2D eigenvalue weighted by atomic mass is 10.0. The van der Waals surface area contributed by atoms with Gasteiger partial charge in [0.25, 0.3) is 11.8 Å². The molecule has 3 amide bonds. The maximum atomic E-state index is 13.9. The second-order valence-corrected chi connectivity index (χ2v) is 7.95. The molecule has 0 radical (unpaired) electrons. The van der Waals surface area contributed by atoms with Crippen LogP contribution < -0.4 is 0 Å². The number of cyclic esters (lactones) is 1. The fraction of sp³-hybridized carbons (Fsp3) is 0.154. The summed E-state index contributed by atoms with van der Waals surface area (Å²) in [6.07, 6.45) is 0.122. The largest absolute Gasteiger partial charge is 0.442 e. The summed E-state index contributed by atoms with van der Waals surface area (Å²) < 4.78 is 5.21. The molecule has 0 N–H and O–H groups in total. The zero-order valence-corrected chi connectivity index (χ0v) is 17.6. The molecular weight excluding hydrogens is 420 g/mol. The van der Waals surface area contributed by atoms with Crippen molar-refractivity contribution in [2.24, 2.45) is 0 Å². The van der Waals surface area contributed by atoms with E-state index in [0.717, 1.165) is 10.5 Å². The molecular formula is C26H20N2O5. The number of carbonyl (C=O) groups is 4. The van der Waals surface area contributed by atoms with Crippen molar-refractivity contribution >= 4 is 23.7 Å². The van der Waals surface area contributed by atoms with Gasteiger partial charge in [0.15, 0.2) is 12.8 Å². The summed E-state index contributed by atoms with van der Waals surface area (Å²) in [6, 6.07) is 22.5. The van der Waals surface area contributed by atoms with E-state index in [0.29, 0.717) is 5.56 Å². The molecule has 7 heteroatoms. The first-order valence-corrected chi connectivity index (χ1v) is 10.6. The zero-order chi connectivity index (χ0) is 22.9. The summed E-state index contributed by atoms with van der Waals surface area (Å²) in [5.74, 6) is -2.11. The second kappa shape index (κ2) is 8.35. The Hall–Kier alpha value is -4.26. The maximum absolute atomic E-state index is 13.9. The van der Waals surface area contributed by atoms with Gasteiger partial charge in [-0.2, -0.15) is 0 Å². The van der Waals surface area contributed by atoms with Crippen molar-refractivity contribution in [2.75, 3.05) is 6.73 Å². The Kier molecular flexibility index (Phi) is 5.22. The monoisotopic (exact) mass is 440 g/mol. The zero-order valence-electron chi connectivity index (χ0n) is 17.6. The third-order valence-corrected chi connectivity index (χ3v) is 5.97. The van der Waals surface area contributed by atoms with Crippen LogP contribution in [0.3, 0.4) is 0 Å². The summed E-state index contributed by atoms with van der Waals surface area (Å²) in [6.45, 7) is -0.244. The van der Waals surface area contributed by atoms with Gasteiger partial charge >= 0.3 is 5.97 Å². The Morgan fingerprint density at radius 2 is 1.36 bits per heavy atom. The average Bonchev–Trinajstić information content (AvgIpc) is 3.36. The quantitative estimate of drug-likeness (QED) is 0.450. The molecule has 3 aromatic rings. The average molecular weight is 440 g/mol. The number of fused-ring (bicyclic) bond motifs is 1. The number of ether oxygens (including phenoxy) is 1. The molecule has 0 aromatic heterocycles. The first kappa shape index (κ1) is 20.6. The smallest absolute Gasteiger partial charge is 0.335 e. The number of esters is 1. The molecule has 0 aliphatic carbocycles. The van der Waals surface area contributed by atoms with Crippen molar-refractivity contribution in [3.05, 3.63) is 107 Å².